The standard InChI is InChI=1S/C9H13NS/c1-3-7-11-9-6-4-5-8(2)10-9/h4-6H,3,7H2,1-2H3. The molecule has 0 unspecified atom stereocenters. The molecular weight excluding hydrogens is 154 g/mol. The number of pyridine rings is 1. The number of aromatic nitrogens is 1. The molecule has 2 heteroatoms. The molecule has 0 aliphatic carbocycles. The van der Waals surface area contributed by atoms with Crippen LogP contribution in [0.15, 0.2) is 23.2 Å². The van der Waals surface area contributed by atoms with E-state index in [1.54, 1.807) is 0 Å². The molecule has 11 heavy (non-hydrogen) atoms. The topological polar surface area (TPSA) is 12.9 Å². The fraction of sp³-hybridized carbons (Fsp3) is 0.444. The van der Waals surface area contributed by atoms with Gasteiger partial charge in [0.05, 0.1) is 5.03 Å². The highest BCUT2D eigenvalue weighted by molar-refractivity contribution is 7.99. The minimum atomic E-state index is 1.10. The van der Waals surface area contributed by atoms with Crippen molar-refractivity contribution in [1.29, 1.82) is 0 Å². The zero-order valence-electron chi connectivity index (χ0n) is 7.00. The Morgan fingerprint density at radius 2 is 2.27 bits per heavy atom. The summed E-state index contributed by atoms with van der Waals surface area (Å²) in [6.45, 7) is 4.21. The Balaban J connectivity index is 2.56. The molecule has 60 valence electrons. The third kappa shape index (κ3) is 2.93. The molecule has 0 fully saturated rings. The van der Waals surface area contributed by atoms with Crippen LogP contribution in [-0.4, -0.2) is 10.7 Å². The van der Waals surface area contributed by atoms with Crippen molar-refractivity contribution in [2.24, 2.45) is 0 Å². The van der Waals surface area contributed by atoms with Crippen LogP contribution in [0, 0.1) is 6.92 Å². The van der Waals surface area contributed by atoms with Gasteiger partial charge in [0.25, 0.3) is 0 Å². The summed E-state index contributed by atoms with van der Waals surface area (Å²) >= 11 is 1.82. The number of nitrogens with zero attached hydrogens (tertiary/aromatic N) is 1. The van der Waals surface area contributed by atoms with Crippen molar-refractivity contribution in [3.05, 3.63) is 23.9 Å². The Bertz CT molecular complexity index is 223. The van der Waals surface area contributed by atoms with E-state index >= 15 is 0 Å². The number of rotatable bonds is 3. The van der Waals surface area contributed by atoms with Gasteiger partial charge < -0.3 is 0 Å². The molecule has 0 aliphatic heterocycles. The van der Waals surface area contributed by atoms with Crippen LogP contribution in [-0.2, 0) is 0 Å². The fourth-order valence-electron chi connectivity index (χ4n) is 0.805. The fourth-order valence-corrected chi connectivity index (χ4v) is 1.60. The first-order valence-electron chi connectivity index (χ1n) is 3.89. The predicted octanol–water partition coefficient (Wildman–Crippen LogP) is 2.89. The summed E-state index contributed by atoms with van der Waals surface area (Å²) in [7, 11) is 0. The Kier molecular flexibility index (Phi) is 3.43. The van der Waals surface area contributed by atoms with Gasteiger partial charge in [0.15, 0.2) is 0 Å². The van der Waals surface area contributed by atoms with Crippen LogP contribution in [0.5, 0.6) is 0 Å². The lowest BCUT2D eigenvalue weighted by molar-refractivity contribution is 1.05. The second-order valence-corrected chi connectivity index (χ2v) is 3.58. The van der Waals surface area contributed by atoms with E-state index in [0.717, 1.165) is 16.5 Å². The third-order valence-corrected chi connectivity index (χ3v) is 2.45. The first-order chi connectivity index (χ1) is 5.33. The van der Waals surface area contributed by atoms with Gasteiger partial charge >= 0.3 is 0 Å². The van der Waals surface area contributed by atoms with E-state index in [0.29, 0.717) is 0 Å². The molecule has 1 heterocycles. The molecule has 0 aromatic carbocycles. The molecule has 0 aliphatic rings. The number of thioether (sulfide) groups is 1. The second kappa shape index (κ2) is 4.39. The van der Waals surface area contributed by atoms with Crippen LogP contribution in [0.2, 0.25) is 0 Å². The normalized spacial score (nSPS) is 10.0. The molecule has 1 rings (SSSR count). The average molecular weight is 167 g/mol. The number of hydrogen-bond donors (Lipinski definition) is 0. The minimum Gasteiger partial charge on any atom is -0.247 e. The Hall–Kier alpha value is -0.500. The van der Waals surface area contributed by atoms with Crippen LogP contribution in [0.4, 0.5) is 0 Å². The monoisotopic (exact) mass is 167 g/mol. The van der Waals surface area contributed by atoms with Gasteiger partial charge in [-0.3, -0.25) is 0 Å². The lowest BCUT2D eigenvalue weighted by Crippen LogP contribution is -1.83. The van der Waals surface area contributed by atoms with Crippen LogP contribution in [0.3, 0.4) is 0 Å². The van der Waals surface area contributed by atoms with Crippen molar-refractivity contribution >= 4 is 11.8 Å². The predicted molar refractivity (Wildman–Crippen MR) is 50.0 cm³/mol. The van der Waals surface area contributed by atoms with E-state index in [1.165, 1.54) is 6.42 Å². The van der Waals surface area contributed by atoms with E-state index < -0.39 is 0 Å². The summed E-state index contributed by atoms with van der Waals surface area (Å²) in [5.74, 6) is 1.16. The molecule has 1 aromatic rings. The Labute approximate surface area is 72.2 Å². The second-order valence-electron chi connectivity index (χ2n) is 2.47. The van der Waals surface area contributed by atoms with E-state index in [1.807, 2.05) is 24.8 Å². The SMILES string of the molecule is CCCSc1cccc(C)n1. The summed E-state index contributed by atoms with van der Waals surface area (Å²) in [4.78, 5) is 4.37. The van der Waals surface area contributed by atoms with Crippen molar-refractivity contribution in [1.82, 2.24) is 4.98 Å². The molecule has 1 aromatic heterocycles. The lowest BCUT2D eigenvalue weighted by Gasteiger charge is -1.98. The number of aryl methyl sites for hydroxylation is 1. The third-order valence-electron chi connectivity index (χ3n) is 1.32. The van der Waals surface area contributed by atoms with E-state index in [2.05, 4.69) is 24.0 Å². The maximum absolute atomic E-state index is 4.37. The van der Waals surface area contributed by atoms with E-state index in [9.17, 15) is 0 Å². The summed E-state index contributed by atoms with van der Waals surface area (Å²) < 4.78 is 0. The summed E-state index contributed by atoms with van der Waals surface area (Å²) in [5, 5.41) is 1.15. The van der Waals surface area contributed by atoms with Crippen LogP contribution in [0.1, 0.15) is 19.0 Å². The van der Waals surface area contributed by atoms with Crippen LogP contribution in [0.25, 0.3) is 0 Å². The molecule has 0 saturated carbocycles. The van der Waals surface area contributed by atoms with Crippen LogP contribution < -0.4 is 0 Å². The minimum absolute atomic E-state index is 1.10. The maximum atomic E-state index is 4.37. The van der Waals surface area contributed by atoms with Crippen LogP contribution >= 0.6 is 11.8 Å². The van der Waals surface area contributed by atoms with Crippen molar-refractivity contribution in [3.63, 3.8) is 0 Å². The Morgan fingerprint density at radius 3 is 2.91 bits per heavy atom. The average Bonchev–Trinajstić information content (AvgIpc) is 2.01. The zero-order valence-corrected chi connectivity index (χ0v) is 7.82. The van der Waals surface area contributed by atoms with E-state index in [-0.39, 0.29) is 0 Å². The summed E-state index contributed by atoms with van der Waals surface area (Å²) in [5.41, 5.74) is 1.10. The van der Waals surface area contributed by atoms with Gasteiger partial charge in [-0.1, -0.05) is 13.0 Å². The van der Waals surface area contributed by atoms with Crippen molar-refractivity contribution in [2.45, 2.75) is 25.3 Å². The molecule has 0 atom stereocenters. The van der Waals surface area contributed by atoms with Gasteiger partial charge in [-0.25, -0.2) is 4.98 Å². The largest absolute Gasteiger partial charge is 0.247 e. The molecule has 0 amide bonds. The van der Waals surface area contributed by atoms with Crippen molar-refractivity contribution in [2.75, 3.05) is 5.75 Å². The highest BCUT2D eigenvalue weighted by Gasteiger charge is 1.92. The van der Waals surface area contributed by atoms with Gasteiger partial charge in [0.1, 0.15) is 0 Å². The number of hydrogen-bond acceptors (Lipinski definition) is 2. The van der Waals surface area contributed by atoms with Gasteiger partial charge in [-0.2, -0.15) is 0 Å². The molecule has 0 N–H and O–H groups in total. The van der Waals surface area contributed by atoms with Crippen molar-refractivity contribution < 1.29 is 0 Å². The zero-order chi connectivity index (χ0) is 8.10. The summed E-state index contributed by atoms with van der Waals surface area (Å²) in [6.07, 6.45) is 1.21. The molecule has 1 nitrogen and oxygen atoms in total. The molecule has 0 radical (unpaired) electrons. The van der Waals surface area contributed by atoms with Gasteiger partial charge in [-0.05, 0) is 31.2 Å². The highest BCUT2D eigenvalue weighted by Crippen LogP contribution is 2.15. The quantitative estimate of drug-likeness (QED) is 0.642. The van der Waals surface area contributed by atoms with Gasteiger partial charge in [-0.15, -0.1) is 11.8 Å². The van der Waals surface area contributed by atoms with E-state index in [4.69, 9.17) is 0 Å². The first-order valence-corrected chi connectivity index (χ1v) is 4.88. The first kappa shape index (κ1) is 8.60. The Morgan fingerprint density at radius 1 is 1.45 bits per heavy atom. The summed E-state index contributed by atoms with van der Waals surface area (Å²) in [6, 6.07) is 6.14. The molecule has 0 saturated heterocycles. The lowest BCUT2D eigenvalue weighted by atomic mass is 10.4. The van der Waals surface area contributed by atoms with Gasteiger partial charge in [0, 0.05) is 5.69 Å². The molecule has 0 bridgehead atoms. The maximum Gasteiger partial charge on any atom is 0.0963 e. The van der Waals surface area contributed by atoms with Gasteiger partial charge in [0.2, 0.25) is 0 Å². The molecular formula is C9H13NS. The smallest absolute Gasteiger partial charge is 0.0963 e. The highest BCUT2D eigenvalue weighted by atomic mass is 32.2. The molecule has 0 spiro atoms. The van der Waals surface area contributed by atoms with Crippen molar-refractivity contribution in [3.8, 4) is 0 Å².